The predicted molar refractivity (Wildman–Crippen MR) is 145 cm³/mol. The first-order valence-electron chi connectivity index (χ1n) is 13.5. The molecule has 1 aliphatic heterocycles. The van der Waals surface area contributed by atoms with E-state index in [1.807, 2.05) is 6.92 Å². The fourth-order valence-electron chi connectivity index (χ4n) is 6.40. The molecule has 5 rings (SSSR count). The smallest absolute Gasteiger partial charge is 0.248 e. The van der Waals surface area contributed by atoms with Gasteiger partial charge in [-0.25, -0.2) is 37.5 Å². The minimum atomic E-state index is -2.89. The van der Waals surface area contributed by atoms with Crippen LogP contribution in [0.2, 0.25) is 0 Å². The van der Waals surface area contributed by atoms with Crippen molar-refractivity contribution >= 4 is 10.9 Å². The lowest BCUT2D eigenvalue weighted by atomic mass is 9.79. The highest BCUT2D eigenvalue weighted by molar-refractivity contribution is 8.18. The minimum absolute atomic E-state index is 0.0177. The summed E-state index contributed by atoms with van der Waals surface area (Å²) >= 11 is 0. The zero-order chi connectivity index (χ0) is 30.6. The first kappa shape index (κ1) is 30.9. The molecule has 0 radical (unpaired) electrons. The second kappa shape index (κ2) is 11.5. The van der Waals surface area contributed by atoms with Gasteiger partial charge in [-0.15, -0.1) is 5.10 Å². The van der Waals surface area contributed by atoms with Crippen LogP contribution in [0.1, 0.15) is 48.2 Å². The number of aryl methyl sites for hydroxylation is 2. The lowest BCUT2D eigenvalue weighted by Gasteiger charge is -2.53. The van der Waals surface area contributed by atoms with Gasteiger partial charge in [-0.2, -0.15) is 5.10 Å². The molecule has 1 aromatic carbocycles. The van der Waals surface area contributed by atoms with E-state index in [2.05, 4.69) is 15.4 Å². The van der Waals surface area contributed by atoms with Crippen molar-refractivity contribution in [1.82, 2.24) is 24.8 Å². The largest absolute Gasteiger partial charge is 0.395 e. The van der Waals surface area contributed by atoms with Crippen LogP contribution in [0, 0.1) is 24.4 Å². The summed E-state index contributed by atoms with van der Waals surface area (Å²) in [7, 11) is 1.62. The Kier molecular flexibility index (Phi) is 8.44. The van der Waals surface area contributed by atoms with E-state index in [9.17, 15) is 37.3 Å². The fraction of sp³-hybridized carbons (Fsp3) is 0.593. The average molecular weight is 620 g/mol. The van der Waals surface area contributed by atoms with Crippen LogP contribution in [0.4, 0.5) is 22.0 Å². The maximum absolute atomic E-state index is 14.2. The lowest BCUT2D eigenvalue weighted by molar-refractivity contribution is -0.105. The summed E-state index contributed by atoms with van der Waals surface area (Å²) in [6, 6.07) is 0.659. The van der Waals surface area contributed by atoms with Crippen LogP contribution in [0.3, 0.4) is 0 Å². The Hall–Kier alpha value is -2.59. The highest BCUT2D eigenvalue weighted by atomic mass is 32.2. The van der Waals surface area contributed by atoms with Crippen molar-refractivity contribution in [3.63, 3.8) is 0 Å². The summed E-state index contributed by atoms with van der Waals surface area (Å²) in [6.07, 6.45) is -0.365. The number of nitrogens with zero attached hydrogens (tertiary/aromatic N) is 5. The van der Waals surface area contributed by atoms with Gasteiger partial charge in [0.05, 0.1) is 47.8 Å². The Labute approximate surface area is 241 Å². The molecule has 3 aromatic rings. The van der Waals surface area contributed by atoms with Crippen LogP contribution in [-0.2, 0) is 11.8 Å². The molecule has 2 aromatic heterocycles. The Balaban J connectivity index is 1.52. The van der Waals surface area contributed by atoms with Crippen LogP contribution < -0.4 is 0 Å². The van der Waals surface area contributed by atoms with E-state index in [4.69, 9.17) is 4.74 Å². The zero-order valence-corrected chi connectivity index (χ0v) is 24.2. The third kappa shape index (κ3) is 5.45. The number of methoxy groups -OCH3 is 1. The van der Waals surface area contributed by atoms with E-state index in [1.165, 1.54) is 18.0 Å². The van der Waals surface area contributed by atoms with Crippen LogP contribution in [0.25, 0.3) is 11.3 Å². The third-order valence-electron chi connectivity index (χ3n) is 8.65. The van der Waals surface area contributed by atoms with Crippen molar-refractivity contribution < 1.29 is 42.0 Å². The molecule has 6 atom stereocenters. The maximum Gasteiger partial charge on any atom is 0.248 e. The van der Waals surface area contributed by atoms with E-state index in [0.29, 0.717) is 5.69 Å². The molecule has 1 saturated carbocycles. The lowest BCUT2D eigenvalue weighted by Crippen LogP contribution is -2.54. The molecule has 9 nitrogen and oxygen atoms in total. The molecule has 2 aliphatic rings. The van der Waals surface area contributed by atoms with Gasteiger partial charge in [0, 0.05) is 43.6 Å². The van der Waals surface area contributed by atoms with Gasteiger partial charge in [0.2, 0.25) is 5.92 Å². The highest BCUT2D eigenvalue weighted by Gasteiger charge is 2.55. The van der Waals surface area contributed by atoms with Gasteiger partial charge in [0.1, 0.15) is 11.7 Å². The molecule has 0 bridgehead atoms. The third-order valence-corrected chi connectivity index (χ3v) is 12.1. The molecule has 3 heterocycles. The van der Waals surface area contributed by atoms with E-state index >= 15 is 0 Å². The normalized spacial score (nSPS) is 29.0. The number of thiol groups is 1. The Morgan fingerprint density at radius 3 is 2.33 bits per heavy atom. The molecule has 232 valence electrons. The fourth-order valence-corrected chi connectivity index (χ4v) is 10.4. The van der Waals surface area contributed by atoms with Gasteiger partial charge in [0.25, 0.3) is 0 Å². The molecular formula is C27H34F5N5O4S. The van der Waals surface area contributed by atoms with Crippen molar-refractivity contribution in [3.8, 4) is 11.3 Å². The number of benzene rings is 1. The van der Waals surface area contributed by atoms with E-state index in [-0.39, 0.29) is 29.9 Å². The number of hydrogen-bond donors (Lipinski definition) is 4. The number of aromatic nitrogens is 5. The molecule has 0 spiro atoms. The van der Waals surface area contributed by atoms with Gasteiger partial charge in [-0.05, 0) is 37.5 Å². The van der Waals surface area contributed by atoms with Gasteiger partial charge in [-0.3, -0.25) is 4.68 Å². The minimum Gasteiger partial charge on any atom is -0.395 e. The number of aliphatic hydroxyl groups excluding tert-OH is 2. The van der Waals surface area contributed by atoms with Crippen molar-refractivity contribution in [2.75, 3.05) is 19.5 Å². The number of rotatable bonds is 7. The van der Waals surface area contributed by atoms with Crippen LogP contribution in [0.15, 0.2) is 24.5 Å². The molecule has 1 saturated heterocycles. The maximum atomic E-state index is 14.2. The number of hydrogen-bond acceptors (Lipinski definition) is 7. The second-order valence-corrected chi connectivity index (χ2v) is 13.8. The predicted octanol–water partition coefficient (Wildman–Crippen LogP) is 3.38. The van der Waals surface area contributed by atoms with E-state index < -0.39 is 88.1 Å². The van der Waals surface area contributed by atoms with Crippen molar-refractivity contribution in [2.45, 2.75) is 72.9 Å². The standard InChI is InChI=1S/C27H34F5N5O4S/c1-14-10-33-36(2)22(14)25(26(40)4-6-27(31,32)7-5-26)42-13-19(41-3)23(24(39)20(42)12-38)37-11-18(34-35-37)15-8-16(28)21(30)17(29)9-15/h8-11,19-20,23-25,38-40,42H,4-7,12-13H2,1-3H3/t19-,20+,23+,24-,25-/m0/s1. The van der Waals surface area contributed by atoms with Crippen LogP contribution in [-0.4, -0.2) is 88.5 Å². The first-order chi connectivity index (χ1) is 19.8. The average Bonchev–Trinajstić information content (AvgIpc) is 3.56. The van der Waals surface area contributed by atoms with Gasteiger partial charge < -0.3 is 20.1 Å². The van der Waals surface area contributed by atoms with Crippen LogP contribution in [0.5, 0.6) is 0 Å². The number of ether oxygens (including phenoxy) is 1. The van der Waals surface area contributed by atoms with Crippen molar-refractivity contribution in [2.24, 2.45) is 7.05 Å². The summed E-state index contributed by atoms with van der Waals surface area (Å²) in [5.41, 5.74) is -0.194. The van der Waals surface area contributed by atoms with Gasteiger partial charge >= 0.3 is 0 Å². The molecule has 15 heteroatoms. The summed E-state index contributed by atoms with van der Waals surface area (Å²) in [5, 5.41) is 45.1. The van der Waals surface area contributed by atoms with Gasteiger partial charge in [0.15, 0.2) is 17.5 Å². The van der Waals surface area contributed by atoms with E-state index in [1.54, 1.807) is 17.9 Å². The second-order valence-electron chi connectivity index (χ2n) is 11.2. The molecular weight excluding hydrogens is 585 g/mol. The molecule has 1 aliphatic carbocycles. The van der Waals surface area contributed by atoms with Crippen LogP contribution >= 0.6 is 10.9 Å². The topological polar surface area (TPSA) is 118 Å². The van der Waals surface area contributed by atoms with E-state index in [0.717, 1.165) is 17.7 Å². The van der Waals surface area contributed by atoms with Crippen molar-refractivity contribution in [3.05, 3.63) is 53.2 Å². The monoisotopic (exact) mass is 619 g/mol. The quantitative estimate of drug-likeness (QED) is 0.182. The number of halogens is 5. The molecule has 0 amide bonds. The number of alkyl halides is 2. The first-order valence-corrected chi connectivity index (χ1v) is 15.2. The Bertz CT molecular complexity index is 1390. The number of aliphatic hydroxyl groups is 3. The molecule has 3 N–H and O–H groups in total. The van der Waals surface area contributed by atoms with Gasteiger partial charge in [-0.1, -0.05) is 5.21 Å². The highest BCUT2D eigenvalue weighted by Crippen LogP contribution is 2.61. The van der Waals surface area contributed by atoms with Crippen molar-refractivity contribution in [1.29, 1.82) is 0 Å². The molecule has 1 unspecified atom stereocenters. The Morgan fingerprint density at radius 2 is 1.79 bits per heavy atom. The SMILES string of the molecule is CO[C@H]1C[SH]([C@@H](c2c(C)cnn2C)C2(O)CCC(F)(F)CC2)[C@H](CO)[C@H](O)[C@@H]1n1cc(-c2cc(F)c(F)c(F)c2)nn1. The Morgan fingerprint density at radius 1 is 1.14 bits per heavy atom. The molecule has 2 fully saturated rings. The summed E-state index contributed by atoms with van der Waals surface area (Å²) in [6.45, 7) is 1.34. The summed E-state index contributed by atoms with van der Waals surface area (Å²) < 4.78 is 78.3. The zero-order valence-electron chi connectivity index (χ0n) is 23.3. The summed E-state index contributed by atoms with van der Waals surface area (Å²) in [4.78, 5) is 0. The molecule has 42 heavy (non-hydrogen) atoms. The summed E-state index contributed by atoms with van der Waals surface area (Å²) in [5.74, 6) is -7.05.